The first kappa shape index (κ1) is 16.5. The lowest BCUT2D eigenvalue weighted by atomic mass is 10.00. The molecule has 2 rings (SSSR count). The summed E-state index contributed by atoms with van der Waals surface area (Å²) < 4.78 is 0. The predicted molar refractivity (Wildman–Crippen MR) is 88.6 cm³/mol. The monoisotopic (exact) mass is 290 g/mol. The molecule has 0 amide bonds. The molecule has 0 saturated carbocycles. The zero-order valence-electron chi connectivity index (χ0n) is 14.0. The molecule has 0 aliphatic carbocycles. The van der Waals surface area contributed by atoms with Crippen LogP contribution in [-0.4, -0.2) is 54.2 Å². The smallest absolute Gasteiger partial charge is 0.0917 e. The van der Waals surface area contributed by atoms with Gasteiger partial charge in [0.1, 0.15) is 0 Å². The minimum atomic E-state index is -0.390. The van der Waals surface area contributed by atoms with Crippen LogP contribution in [0.3, 0.4) is 0 Å². The fourth-order valence-corrected chi connectivity index (χ4v) is 3.18. The number of hydrogen-bond acceptors (Lipinski definition) is 3. The molecule has 3 nitrogen and oxygen atoms in total. The van der Waals surface area contributed by atoms with Gasteiger partial charge in [-0.05, 0) is 70.1 Å². The molecule has 0 spiro atoms. The second-order valence-corrected chi connectivity index (χ2v) is 6.46. The Balaban J connectivity index is 1.89. The molecule has 118 valence electrons. The summed E-state index contributed by atoms with van der Waals surface area (Å²) in [6.45, 7) is 10.7. The Kier molecular flexibility index (Phi) is 5.80. The van der Waals surface area contributed by atoms with Gasteiger partial charge in [-0.1, -0.05) is 25.1 Å². The average Bonchev–Trinajstić information content (AvgIpc) is 2.50. The van der Waals surface area contributed by atoms with Crippen molar-refractivity contribution in [1.82, 2.24) is 9.80 Å². The summed E-state index contributed by atoms with van der Waals surface area (Å²) in [6.07, 6.45) is 2.03. The van der Waals surface area contributed by atoms with Gasteiger partial charge in [-0.2, -0.15) is 0 Å². The Morgan fingerprint density at radius 2 is 1.90 bits per heavy atom. The van der Waals surface area contributed by atoms with Crippen LogP contribution in [-0.2, 0) is 0 Å². The zero-order chi connectivity index (χ0) is 15.4. The van der Waals surface area contributed by atoms with Crippen molar-refractivity contribution in [2.75, 3.05) is 33.2 Å². The van der Waals surface area contributed by atoms with Gasteiger partial charge in [-0.15, -0.1) is 0 Å². The molecule has 1 aromatic rings. The van der Waals surface area contributed by atoms with Gasteiger partial charge in [-0.25, -0.2) is 0 Å². The lowest BCUT2D eigenvalue weighted by Crippen LogP contribution is -2.44. The quantitative estimate of drug-likeness (QED) is 0.903. The van der Waals surface area contributed by atoms with Crippen molar-refractivity contribution in [1.29, 1.82) is 0 Å². The number of aliphatic hydroxyl groups excluding tert-OH is 1. The minimum absolute atomic E-state index is 0.390. The summed E-state index contributed by atoms with van der Waals surface area (Å²) in [5, 5.41) is 10.5. The van der Waals surface area contributed by atoms with Gasteiger partial charge in [-0.3, -0.25) is 0 Å². The minimum Gasteiger partial charge on any atom is -0.387 e. The molecule has 0 aromatic heterocycles. The van der Waals surface area contributed by atoms with E-state index in [9.17, 15) is 5.11 Å². The number of hydrogen-bond donors (Lipinski definition) is 1. The van der Waals surface area contributed by atoms with Crippen LogP contribution < -0.4 is 0 Å². The van der Waals surface area contributed by atoms with Crippen LogP contribution in [0.2, 0.25) is 0 Å². The normalized spacial score (nSPS) is 19.1. The highest BCUT2D eigenvalue weighted by molar-refractivity contribution is 5.31. The van der Waals surface area contributed by atoms with Crippen LogP contribution in [0.4, 0.5) is 0 Å². The van der Waals surface area contributed by atoms with Crippen LogP contribution in [0.1, 0.15) is 42.6 Å². The number of nitrogens with zero attached hydrogens (tertiary/aromatic N) is 2. The van der Waals surface area contributed by atoms with Crippen LogP contribution in [0, 0.1) is 13.8 Å². The maximum absolute atomic E-state index is 10.5. The summed E-state index contributed by atoms with van der Waals surface area (Å²) in [5.41, 5.74) is 3.58. The maximum Gasteiger partial charge on any atom is 0.0917 e. The first-order chi connectivity index (χ1) is 10.0. The Bertz CT molecular complexity index is 453. The first-order valence-corrected chi connectivity index (χ1v) is 8.19. The van der Waals surface area contributed by atoms with E-state index < -0.39 is 6.10 Å². The second-order valence-electron chi connectivity index (χ2n) is 6.46. The molecule has 1 fully saturated rings. The highest BCUT2D eigenvalue weighted by Gasteiger charge is 2.23. The molecule has 21 heavy (non-hydrogen) atoms. The number of benzene rings is 1. The average molecular weight is 290 g/mol. The van der Waals surface area contributed by atoms with E-state index in [0.717, 1.165) is 18.7 Å². The maximum atomic E-state index is 10.5. The fourth-order valence-electron chi connectivity index (χ4n) is 3.18. The number of rotatable bonds is 5. The van der Waals surface area contributed by atoms with Crippen molar-refractivity contribution in [3.63, 3.8) is 0 Å². The highest BCUT2D eigenvalue weighted by atomic mass is 16.3. The van der Waals surface area contributed by atoms with Gasteiger partial charge >= 0.3 is 0 Å². The van der Waals surface area contributed by atoms with Gasteiger partial charge in [0.2, 0.25) is 0 Å². The Hall–Kier alpha value is -0.900. The lowest BCUT2D eigenvalue weighted by Gasteiger charge is -2.37. The van der Waals surface area contributed by atoms with Crippen LogP contribution in [0.5, 0.6) is 0 Å². The molecule has 1 aliphatic rings. The van der Waals surface area contributed by atoms with Gasteiger partial charge in [0.15, 0.2) is 0 Å². The summed E-state index contributed by atoms with van der Waals surface area (Å²) in [4.78, 5) is 4.84. The van der Waals surface area contributed by atoms with Gasteiger partial charge in [0, 0.05) is 12.6 Å². The van der Waals surface area contributed by atoms with Crippen LogP contribution in [0.25, 0.3) is 0 Å². The predicted octanol–water partition coefficient (Wildman–Crippen LogP) is 2.75. The summed E-state index contributed by atoms with van der Waals surface area (Å²) in [5.74, 6) is 0. The Morgan fingerprint density at radius 3 is 2.48 bits per heavy atom. The number of piperidine rings is 1. The van der Waals surface area contributed by atoms with Crippen LogP contribution in [0.15, 0.2) is 18.2 Å². The van der Waals surface area contributed by atoms with E-state index in [1.54, 1.807) is 0 Å². The Labute approximate surface area is 129 Å². The molecule has 1 N–H and O–H groups in total. The third-order valence-corrected chi connectivity index (χ3v) is 5.00. The molecular weight excluding hydrogens is 260 g/mol. The van der Waals surface area contributed by atoms with Crippen molar-refractivity contribution in [3.05, 3.63) is 34.9 Å². The van der Waals surface area contributed by atoms with E-state index in [-0.39, 0.29) is 0 Å². The summed E-state index contributed by atoms with van der Waals surface area (Å²) in [6, 6.07) is 6.88. The van der Waals surface area contributed by atoms with Crippen molar-refractivity contribution in [2.24, 2.45) is 0 Å². The van der Waals surface area contributed by atoms with Crippen LogP contribution >= 0.6 is 0 Å². The van der Waals surface area contributed by atoms with E-state index >= 15 is 0 Å². The van der Waals surface area contributed by atoms with Gasteiger partial charge in [0.05, 0.1) is 6.10 Å². The zero-order valence-corrected chi connectivity index (χ0v) is 14.0. The Morgan fingerprint density at radius 1 is 1.24 bits per heavy atom. The third kappa shape index (κ3) is 4.29. The van der Waals surface area contributed by atoms with Crippen molar-refractivity contribution in [3.8, 4) is 0 Å². The van der Waals surface area contributed by atoms with E-state index in [0.29, 0.717) is 6.04 Å². The fraction of sp³-hybridized carbons (Fsp3) is 0.667. The largest absolute Gasteiger partial charge is 0.387 e. The molecule has 1 aliphatic heterocycles. The molecule has 3 heteroatoms. The SMILES string of the molecule is CCN1CCC(N(C)CC(O)c2ccc(C)c(C)c2)CC1. The topological polar surface area (TPSA) is 26.7 Å². The van der Waals surface area contributed by atoms with Crippen molar-refractivity contribution in [2.45, 2.75) is 45.8 Å². The van der Waals surface area contributed by atoms with Crippen molar-refractivity contribution >= 4 is 0 Å². The first-order valence-electron chi connectivity index (χ1n) is 8.19. The standard InChI is InChI=1S/C18H30N2O/c1-5-20-10-8-17(9-11-20)19(4)13-18(21)16-7-6-14(2)15(3)12-16/h6-7,12,17-18,21H,5,8-11,13H2,1-4H3. The molecule has 0 bridgehead atoms. The van der Waals surface area contributed by atoms with E-state index in [4.69, 9.17) is 0 Å². The van der Waals surface area contributed by atoms with Gasteiger partial charge in [0.25, 0.3) is 0 Å². The highest BCUT2D eigenvalue weighted by Crippen LogP contribution is 2.21. The number of likely N-dealkylation sites (N-methyl/N-ethyl adjacent to an activating group) is 1. The molecule has 0 radical (unpaired) electrons. The number of likely N-dealkylation sites (tertiary alicyclic amines) is 1. The van der Waals surface area contributed by atoms with E-state index in [1.807, 2.05) is 0 Å². The molecule has 1 atom stereocenters. The van der Waals surface area contributed by atoms with Gasteiger partial charge < -0.3 is 14.9 Å². The summed E-state index contributed by atoms with van der Waals surface area (Å²) >= 11 is 0. The van der Waals surface area contributed by atoms with Crippen molar-refractivity contribution < 1.29 is 5.11 Å². The van der Waals surface area contributed by atoms with E-state index in [2.05, 4.69) is 55.8 Å². The lowest BCUT2D eigenvalue weighted by molar-refractivity contribution is 0.0748. The summed E-state index contributed by atoms with van der Waals surface area (Å²) in [7, 11) is 2.15. The van der Waals surface area contributed by atoms with E-state index in [1.165, 1.54) is 37.1 Å². The number of aliphatic hydroxyl groups is 1. The molecule has 1 aromatic carbocycles. The molecular formula is C18H30N2O. The third-order valence-electron chi connectivity index (χ3n) is 5.00. The molecule has 1 heterocycles. The second kappa shape index (κ2) is 7.39. The number of aryl methyl sites for hydroxylation is 2. The molecule has 1 saturated heterocycles. The molecule has 1 unspecified atom stereocenters.